The van der Waals surface area contributed by atoms with E-state index < -0.39 is 6.04 Å². The number of hydrazine groups is 1. The van der Waals surface area contributed by atoms with E-state index in [1.54, 1.807) is 13.8 Å². The maximum atomic E-state index is 10.7. The topological polar surface area (TPSA) is 98.3 Å². The standard InChI is InChI=1S/C7H15N3O3/c1-5(2)6(10(12)13)3-4-7(11)9-8/h5-6H,3-4,8H2,1-2H3,(H,9,11). The second-order valence-electron chi connectivity index (χ2n) is 3.20. The van der Waals surface area contributed by atoms with Gasteiger partial charge in [-0.2, -0.15) is 0 Å². The summed E-state index contributed by atoms with van der Waals surface area (Å²) in [6.07, 6.45) is 0.327. The third-order valence-electron chi connectivity index (χ3n) is 1.87. The maximum Gasteiger partial charge on any atom is 0.234 e. The first-order valence-corrected chi connectivity index (χ1v) is 4.12. The van der Waals surface area contributed by atoms with Crippen molar-refractivity contribution >= 4 is 5.91 Å². The first-order chi connectivity index (χ1) is 5.99. The Morgan fingerprint density at radius 1 is 1.62 bits per heavy atom. The Bertz CT molecular complexity index is 193. The third-order valence-corrected chi connectivity index (χ3v) is 1.87. The van der Waals surface area contributed by atoms with Gasteiger partial charge in [-0.3, -0.25) is 20.3 Å². The number of hydrogen-bond acceptors (Lipinski definition) is 4. The molecule has 0 rings (SSSR count). The number of carbonyl (C=O) groups excluding carboxylic acids is 1. The Hall–Kier alpha value is -1.17. The van der Waals surface area contributed by atoms with E-state index in [0.717, 1.165) is 0 Å². The van der Waals surface area contributed by atoms with Crippen molar-refractivity contribution in [3.05, 3.63) is 10.1 Å². The first-order valence-electron chi connectivity index (χ1n) is 4.12. The predicted molar refractivity (Wildman–Crippen MR) is 47.2 cm³/mol. The molecule has 0 saturated carbocycles. The number of rotatable bonds is 5. The molecular formula is C7H15N3O3. The van der Waals surface area contributed by atoms with Crippen molar-refractivity contribution in [2.75, 3.05) is 0 Å². The number of hydrogen-bond donors (Lipinski definition) is 2. The molecule has 0 bridgehead atoms. The van der Waals surface area contributed by atoms with Crippen LogP contribution in [0.25, 0.3) is 0 Å². The van der Waals surface area contributed by atoms with E-state index in [9.17, 15) is 14.9 Å². The van der Waals surface area contributed by atoms with Crippen LogP contribution in [-0.2, 0) is 4.79 Å². The zero-order valence-electron chi connectivity index (χ0n) is 7.82. The van der Waals surface area contributed by atoms with Crippen LogP contribution in [0.15, 0.2) is 0 Å². The molecule has 76 valence electrons. The van der Waals surface area contributed by atoms with Gasteiger partial charge < -0.3 is 0 Å². The van der Waals surface area contributed by atoms with Crippen LogP contribution >= 0.6 is 0 Å². The molecule has 0 aliphatic heterocycles. The van der Waals surface area contributed by atoms with E-state index in [1.165, 1.54) is 0 Å². The average molecular weight is 189 g/mol. The summed E-state index contributed by atoms with van der Waals surface area (Å²) in [5, 5.41) is 10.5. The van der Waals surface area contributed by atoms with Crippen LogP contribution in [0.4, 0.5) is 0 Å². The summed E-state index contributed by atoms with van der Waals surface area (Å²) in [5.74, 6) is 4.40. The Labute approximate surface area is 76.6 Å². The molecule has 0 aliphatic rings. The van der Waals surface area contributed by atoms with Crippen molar-refractivity contribution < 1.29 is 9.72 Å². The van der Waals surface area contributed by atoms with Crippen LogP contribution in [0.1, 0.15) is 26.7 Å². The summed E-state index contributed by atoms with van der Waals surface area (Å²) in [5.41, 5.74) is 1.94. The fourth-order valence-electron chi connectivity index (χ4n) is 1.03. The molecule has 6 heteroatoms. The van der Waals surface area contributed by atoms with Crippen molar-refractivity contribution in [2.45, 2.75) is 32.7 Å². The van der Waals surface area contributed by atoms with Crippen LogP contribution < -0.4 is 11.3 Å². The first kappa shape index (κ1) is 11.8. The molecule has 0 fully saturated rings. The third kappa shape index (κ3) is 4.41. The highest BCUT2D eigenvalue weighted by Crippen LogP contribution is 2.11. The monoisotopic (exact) mass is 189 g/mol. The molecule has 3 N–H and O–H groups in total. The van der Waals surface area contributed by atoms with Gasteiger partial charge in [-0.15, -0.1) is 0 Å². The Balaban J connectivity index is 3.97. The molecule has 0 spiro atoms. The largest absolute Gasteiger partial charge is 0.294 e. The zero-order chi connectivity index (χ0) is 10.4. The number of nitro groups is 1. The lowest BCUT2D eigenvalue weighted by molar-refractivity contribution is -0.531. The normalized spacial score (nSPS) is 12.6. The van der Waals surface area contributed by atoms with E-state index in [4.69, 9.17) is 5.84 Å². The number of nitrogens with one attached hydrogen (secondary N) is 1. The van der Waals surface area contributed by atoms with E-state index in [1.807, 2.05) is 5.43 Å². The van der Waals surface area contributed by atoms with Crippen LogP contribution in [0, 0.1) is 16.0 Å². The second kappa shape index (κ2) is 5.47. The predicted octanol–water partition coefficient (Wildman–Crippen LogP) is 0.0578. The fraction of sp³-hybridized carbons (Fsp3) is 0.857. The molecule has 1 unspecified atom stereocenters. The van der Waals surface area contributed by atoms with E-state index in [-0.39, 0.29) is 29.6 Å². The minimum Gasteiger partial charge on any atom is -0.294 e. The zero-order valence-corrected chi connectivity index (χ0v) is 7.82. The van der Waals surface area contributed by atoms with Crippen LogP contribution in [0.5, 0.6) is 0 Å². The number of amides is 1. The van der Waals surface area contributed by atoms with E-state index in [0.29, 0.717) is 0 Å². The van der Waals surface area contributed by atoms with Gasteiger partial charge in [-0.25, -0.2) is 5.84 Å². The minimum atomic E-state index is -0.669. The van der Waals surface area contributed by atoms with Gasteiger partial charge in [0, 0.05) is 23.7 Å². The summed E-state index contributed by atoms with van der Waals surface area (Å²) >= 11 is 0. The Kier molecular flexibility index (Phi) is 4.98. The SMILES string of the molecule is CC(C)C(CCC(=O)NN)[N+](=O)[O-]. The molecule has 0 aromatic rings. The molecule has 0 aromatic carbocycles. The molecular weight excluding hydrogens is 174 g/mol. The molecule has 0 aromatic heterocycles. The lowest BCUT2D eigenvalue weighted by Crippen LogP contribution is -2.33. The Morgan fingerprint density at radius 2 is 2.15 bits per heavy atom. The highest BCUT2D eigenvalue weighted by molar-refractivity contribution is 5.75. The molecule has 0 saturated heterocycles. The molecule has 1 atom stereocenters. The lowest BCUT2D eigenvalue weighted by atomic mass is 10.00. The van der Waals surface area contributed by atoms with Gasteiger partial charge in [0.25, 0.3) is 0 Å². The lowest BCUT2D eigenvalue weighted by Gasteiger charge is -2.11. The smallest absolute Gasteiger partial charge is 0.234 e. The molecule has 6 nitrogen and oxygen atoms in total. The van der Waals surface area contributed by atoms with Gasteiger partial charge in [0.05, 0.1) is 0 Å². The van der Waals surface area contributed by atoms with Gasteiger partial charge in [0.2, 0.25) is 11.9 Å². The van der Waals surface area contributed by atoms with Crippen molar-refractivity contribution in [2.24, 2.45) is 11.8 Å². The summed E-state index contributed by atoms with van der Waals surface area (Å²) < 4.78 is 0. The summed E-state index contributed by atoms with van der Waals surface area (Å²) in [4.78, 5) is 20.8. The number of nitrogens with two attached hydrogens (primary N) is 1. The van der Waals surface area contributed by atoms with Crippen molar-refractivity contribution in [3.63, 3.8) is 0 Å². The fourth-order valence-corrected chi connectivity index (χ4v) is 1.03. The van der Waals surface area contributed by atoms with Gasteiger partial charge in [0.1, 0.15) is 0 Å². The molecule has 0 aliphatic carbocycles. The van der Waals surface area contributed by atoms with Crippen molar-refractivity contribution in [1.29, 1.82) is 0 Å². The molecule has 0 heterocycles. The summed E-state index contributed by atoms with van der Waals surface area (Å²) in [7, 11) is 0. The quantitative estimate of drug-likeness (QED) is 0.276. The van der Waals surface area contributed by atoms with E-state index in [2.05, 4.69) is 0 Å². The van der Waals surface area contributed by atoms with Gasteiger partial charge in [-0.1, -0.05) is 13.8 Å². The maximum absolute atomic E-state index is 10.7. The van der Waals surface area contributed by atoms with Gasteiger partial charge >= 0.3 is 0 Å². The minimum absolute atomic E-state index is 0.0689. The Morgan fingerprint density at radius 3 is 2.46 bits per heavy atom. The highest BCUT2D eigenvalue weighted by Gasteiger charge is 2.24. The molecule has 1 amide bonds. The average Bonchev–Trinajstić information content (AvgIpc) is 2.03. The van der Waals surface area contributed by atoms with Crippen molar-refractivity contribution in [1.82, 2.24) is 5.43 Å². The second-order valence-corrected chi connectivity index (χ2v) is 3.20. The van der Waals surface area contributed by atoms with Gasteiger partial charge in [0.15, 0.2) is 0 Å². The molecule has 13 heavy (non-hydrogen) atoms. The number of nitrogens with zero attached hydrogens (tertiary/aromatic N) is 1. The van der Waals surface area contributed by atoms with Crippen LogP contribution in [-0.4, -0.2) is 16.9 Å². The van der Waals surface area contributed by atoms with Crippen molar-refractivity contribution in [3.8, 4) is 0 Å². The van der Waals surface area contributed by atoms with Crippen LogP contribution in [0.3, 0.4) is 0 Å². The summed E-state index contributed by atoms with van der Waals surface area (Å²) in [6.45, 7) is 3.52. The molecule has 0 radical (unpaired) electrons. The number of carbonyl (C=O) groups is 1. The van der Waals surface area contributed by atoms with E-state index >= 15 is 0 Å². The highest BCUT2D eigenvalue weighted by atomic mass is 16.6. The van der Waals surface area contributed by atoms with Crippen LogP contribution in [0.2, 0.25) is 0 Å². The van der Waals surface area contributed by atoms with Gasteiger partial charge in [-0.05, 0) is 0 Å². The summed E-state index contributed by atoms with van der Waals surface area (Å²) in [6, 6.07) is -0.669.